The highest BCUT2D eigenvalue weighted by Gasteiger charge is 2.14. The maximum atomic E-state index is 11.9. The molecule has 0 saturated carbocycles. The molecule has 0 aliphatic carbocycles. The summed E-state index contributed by atoms with van der Waals surface area (Å²) in [5.41, 5.74) is 0.0786. The third kappa shape index (κ3) is 2.98. The molecule has 1 heterocycles. The zero-order valence-electron chi connectivity index (χ0n) is 11.8. The van der Waals surface area contributed by atoms with Crippen LogP contribution in [0.3, 0.4) is 0 Å². The van der Waals surface area contributed by atoms with E-state index in [1.165, 1.54) is 12.1 Å². The molecule has 3 N–H and O–H groups in total. The molecule has 0 bridgehead atoms. The molecule has 0 fully saturated rings. The number of para-hydroxylation sites is 1. The quantitative estimate of drug-likeness (QED) is 0.634. The number of rotatable bonds is 3. The zero-order valence-corrected chi connectivity index (χ0v) is 11.8. The highest BCUT2D eigenvalue weighted by Crippen LogP contribution is 2.23. The van der Waals surface area contributed by atoms with E-state index in [0.717, 1.165) is 6.07 Å². The van der Waals surface area contributed by atoms with Gasteiger partial charge in [-0.15, -0.1) is 0 Å². The number of hydrogen-bond acceptors (Lipinski definition) is 6. The molecule has 0 unspecified atom stereocenters. The standard InChI is InChI=1S/C16H12N2O5/c19-9-5-6-11(13(20)7-9)16(22)23-8-14-17-12-4-2-1-3-10(12)15(21)18-14/h1-7,19-20H,8H2,(H,17,18,21). The van der Waals surface area contributed by atoms with E-state index in [1.807, 2.05) is 0 Å². The van der Waals surface area contributed by atoms with Gasteiger partial charge in [-0.05, 0) is 24.3 Å². The second-order valence-corrected chi connectivity index (χ2v) is 4.81. The molecule has 3 rings (SSSR count). The summed E-state index contributed by atoms with van der Waals surface area (Å²) in [5, 5.41) is 19.2. The van der Waals surface area contributed by atoms with Crippen molar-refractivity contribution in [2.75, 3.05) is 0 Å². The largest absolute Gasteiger partial charge is 0.508 e. The summed E-state index contributed by atoms with van der Waals surface area (Å²) in [5.74, 6) is -1.16. The number of aromatic amines is 1. The lowest BCUT2D eigenvalue weighted by molar-refractivity contribution is 0.0459. The molecule has 0 saturated heterocycles. The topological polar surface area (TPSA) is 113 Å². The maximum Gasteiger partial charge on any atom is 0.342 e. The highest BCUT2D eigenvalue weighted by molar-refractivity contribution is 5.92. The molecule has 0 aliphatic rings. The molecule has 7 heteroatoms. The second-order valence-electron chi connectivity index (χ2n) is 4.81. The van der Waals surface area contributed by atoms with Gasteiger partial charge in [-0.3, -0.25) is 4.79 Å². The van der Waals surface area contributed by atoms with Crippen LogP contribution in [0, 0.1) is 0 Å². The van der Waals surface area contributed by atoms with Crippen LogP contribution in [0.25, 0.3) is 10.9 Å². The van der Waals surface area contributed by atoms with Gasteiger partial charge in [0.05, 0.1) is 10.9 Å². The predicted molar refractivity (Wildman–Crippen MR) is 81.3 cm³/mol. The molecule has 116 valence electrons. The van der Waals surface area contributed by atoms with Gasteiger partial charge in [0.1, 0.15) is 29.5 Å². The minimum absolute atomic E-state index is 0.0917. The fourth-order valence-electron chi connectivity index (χ4n) is 2.11. The van der Waals surface area contributed by atoms with Crippen molar-refractivity contribution in [3.8, 4) is 11.5 Å². The van der Waals surface area contributed by atoms with Crippen molar-refractivity contribution < 1.29 is 19.7 Å². The number of carbonyl (C=O) groups is 1. The van der Waals surface area contributed by atoms with E-state index in [0.29, 0.717) is 10.9 Å². The Balaban J connectivity index is 1.80. The number of esters is 1. The first-order valence-corrected chi connectivity index (χ1v) is 6.71. The summed E-state index contributed by atoms with van der Waals surface area (Å²) < 4.78 is 5.03. The number of fused-ring (bicyclic) bond motifs is 1. The number of benzene rings is 2. The average Bonchev–Trinajstić information content (AvgIpc) is 2.53. The van der Waals surface area contributed by atoms with Crippen molar-refractivity contribution in [3.63, 3.8) is 0 Å². The van der Waals surface area contributed by atoms with Crippen LogP contribution in [0.2, 0.25) is 0 Å². The van der Waals surface area contributed by atoms with E-state index in [-0.39, 0.29) is 29.3 Å². The van der Waals surface area contributed by atoms with Crippen LogP contribution in [0.15, 0.2) is 47.3 Å². The molecule has 0 atom stereocenters. The van der Waals surface area contributed by atoms with E-state index >= 15 is 0 Å². The SMILES string of the molecule is O=C(OCc1nc2ccccc2c(=O)[nH]1)c1ccc(O)cc1O. The first kappa shape index (κ1) is 14.6. The lowest BCUT2D eigenvalue weighted by Gasteiger charge is -2.07. The number of ether oxygens (including phenoxy) is 1. The maximum absolute atomic E-state index is 11.9. The van der Waals surface area contributed by atoms with Crippen molar-refractivity contribution in [1.29, 1.82) is 0 Å². The summed E-state index contributed by atoms with van der Waals surface area (Å²) in [6, 6.07) is 10.3. The minimum Gasteiger partial charge on any atom is -0.508 e. The fraction of sp³-hybridized carbons (Fsp3) is 0.0625. The Kier molecular flexibility index (Phi) is 3.68. The number of H-pyrrole nitrogens is 1. The predicted octanol–water partition coefficient (Wildman–Crippen LogP) is 1.69. The Bertz CT molecular complexity index is 949. The van der Waals surface area contributed by atoms with Crippen LogP contribution in [0.4, 0.5) is 0 Å². The van der Waals surface area contributed by atoms with Crippen LogP contribution in [0.5, 0.6) is 11.5 Å². The monoisotopic (exact) mass is 312 g/mol. The van der Waals surface area contributed by atoms with Crippen LogP contribution < -0.4 is 5.56 Å². The number of aromatic hydroxyl groups is 2. The summed E-state index contributed by atoms with van der Waals surface area (Å²) >= 11 is 0. The van der Waals surface area contributed by atoms with Crippen molar-refractivity contribution in [2.45, 2.75) is 6.61 Å². The second kappa shape index (κ2) is 5.80. The zero-order chi connectivity index (χ0) is 16.4. The van der Waals surface area contributed by atoms with Gasteiger partial charge in [0.15, 0.2) is 0 Å². The van der Waals surface area contributed by atoms with E-state index in [9.17, 15) is 19.8 Å². The molecule has 0 aliphatic heterocycles. The first-order chi connectivity index (χ1) is 11.0. The van der Waals surface area contributed by atoms with Gasteiger partial charge in [-0.25, -0.2) is 9.78 Å². The van der Waals surface area contributed by atoms with Gasteiger partial charge in [0.25, 0.3) is 5.56 Å². The lowest BCUT2D eigenvalue weighted by Crippen LogP contribution is -2.14. The third-order valence-electron chi connectivity index (χ3n) is 3.20. The smallest absolute Gasteiger partial charge is 0.342 e. The Morgan fingerprint density at radius 1 is 1.17 bits per heavy atom. The summed E-state index contributed by atoms with van der Waals surface area (Å²) in [6.45, 7) is -0.251. The van der Waals surface area contributed by atoms with E-state index < -0.39 is 11.7 Å². The minimum atomic E-state index is -0.793. The van der Waals surface area contributed by atoms with Gasteiger partial charge in [-0.2, -0.15) is 0 Å². The van der Waals surface area contributed by atoms with Crippen molar-refractivity contribution in [1.82, 2.24) is 9.97 Å². The highest BCUT2D eigenvalue weighted by atomic mass is 16.5. The molecule has 7 nitrogen and oxygen atoms in total. The molecular weight excluding hydrogens is 300 g/mol. The molecule has 1 aromatic heterocycles. The van der Waals surface area contributed by atoms with Gasteiger partial charge in [0, 0.05) is 6.07 Å². The summed E-state index contributed by atoms with van der Waals surface area (Å²) in [7, 11) is 0. The van der Waals surface area contributed by atoms with Crippen molar-refractivity contribution in [2.24, 2.45) is 0 Å². The Morgan fingerprint density at radius 3 is 2.74 bits per heavy atom. The Labute approximate surface area is 129 Å². The molecule has 3 aromatic rings. The number of phenols is 2. The number of nitrogens with zero attached hydrogens (tertiary/aromatic N) is 1. The Hall–Kier alpha value is -3.35. The van der Waals surface area contributed by atoms with Crippen molar-refractivity contribution in [3.05, 3.63) is 64.2 Å². The van der Waals surface area contributed by atoms with Crippen LogP contribution in [-0.4, -0.2) is 26.2 Å². The average molecular weight is 312 g/mol. The van der Waals surface area contributed by atoms with Crippen LogP contribution in [-0.2, 0) is 11.3 Å². The van der Waals surface area contributed by atoms with Crippen LogP contribution >= 0.6 is 0 Å². The third-order valence-corrected chi connectivity index (χ3v) is 3.20. The summed E-state index contributed by atoms with van der Waals surface area (Å²) in [4.78, 5) is 30.6. The molecule has 0 spiro atoms. The number of aromatic nitrogens is 2. The number of carbonyl (C=O) groups excluding carboxylic acids is 1. The van der Waals surface area contributed by atoms with Crippen molar-refractivity contribution >= 4 is 16.9 Å². The van der Waals surface area contributed by atoms with E-state index in [4.69, 9.17) is 4.74 Å². The van der Waals surface area contributed by atoms with Gasteiger partial charge < -0.3 is 19.9 Å². The molecule has 23 heavy (non-hydrogen) atoms. The Morgan fingerprint density at radius 2 is 1.96 bits per heavy atom. The van der Waals surface area contributed by atoms with Gasteiger partial charge >= 0.3 is 5.97 Å². The van der Waals surface area contributed by atoms with Crippen LogP contribution in [0.1, 0.15) is 16.2 Å². The van der Waals surface area contributed by atoms with E-state index in [2.05, 4.69) is 9.97 Å². The molecule has 2 aromatic carbocycles. The number of phenolic OH excluding ortho intramolecular Hbond substituents is 2. The molecular formula is C16H12N2O5. The molecule has 0 radical (unpaired) electrons. The summed E-state index contributed by atoms with van der Waals surface area (Å²) in [6.07, 6.45) is 0. The van der Waals surface area contributed by atoms with Gasteiger partial charge in [0.2, 0.25) is 0 Å². The number of nitrogens with one attached hydrogen (secondary N) is 1. The first-order valence-electron chi connectivity index (χ1n) is 6.71. The lowest BCUT2D eigenvalue weighted by atomic mass is 10.2. The number of hydrogen-bond donors (Lipinski definition) is 3. The van der Waals surface area contributed by atoms with E-state index in [1.54, 1.807) is 24.3 Å². The molecule has 0 amide bonds. The normalized spacial score (nSPS) is 10.6. The van der Waals surface area contributed by atoms with Gasteiger partial charge in [-0.1, -0.05) is 12.1 Å². The fourth-order valence-corrected chi connectivity index (χ4v) is 2.11.